The molecule has 0 atom stereocenters. The van der Waals surface area contributed by atoms with Crippen molar-refractivity contribution in [2.24, 2.45) is 0 Å². The minimum atomic E-state index is -2.56. The minimum absolute atomic E-state index is 1.000. The normalized spacial score (nSPS) is 10.9. The summed E-state index contributed by atoms with van der Waals surface area (Å²) in [4.78, 5) is 13.6. The van der Waals surface area contributed by atoms with E-state index in [4.69, 9.17) is 0 Å². The molecule has 0 saturated heterocycles. The summed E-state index contributed by atoms with van der Waals surface area (Å²) < 4.78 is 4.31. The average molecular weight is 672 g/mol. The van der Waals surface area contributed by atoms with Crippen molar-refractivity contribution < 1.29 is 0 Å². The molecule has 37 heavy (non-hydrogen) atoms. The van der Waals surface area contributed by atoms with Crippen LogP contribution in [0.1, 0.15) is 0 Å². The van der Waals surface area contributed by atoms with Crippen molar-refractivity contribution in [1.82, 2.24) is 15.0 Å². The van der Waals surface area contributed by atoms with Gasteiger partial charge in [-0.15, -0.1) is 0 Å². The molecular formula is C33H24BiN3. The summed E-state index contributed by atoms with van der Waals surface area (Å²) in [7, 11) is 0. The van der Waals surface area contributed by atoms with E-state index in [-0.39, 0.29) is 0 Å². The van der Waals surface area contributed by atoms with Gasteiger partial charge in [-0.2, -0.15) is 0 Å². The fraction of sp³-hybridized carbons (Fsp3) is 0. The second kappa shape index (κ2) is 10.9. The summed E-state index contributed by atoms with van der Waals surface area (Å²) >= 11 is -2.56. The molecule has 0 aliphatic rings. The van der Waals surface area contributed by atoms with E-state index in [1.807, 2.05) is 55.0 Å². The van der Waals surface area contributed by atoms with E-state index >= 15 is 0 Å². The molecule has 0 saturated carbocycles. The summed E-state index contributed by atoms with van der Waals surface area (Å²) in [6.45, 7) is 0. The Hall–Kier alpha value is -4.01. The Labute approximate surface area is 225 Å². The first-order valence-electron chi connectivity index (χ1n) is 12.2. The van der Waals surface area contributed by atoms with Crippen molar-refractivity contribution >= 4 is 31.6 Å². The van der Waals surface area contributed by atoms with Gasteiger partial charge in [0.05, 0.1) is 0 Å². The monoisotopic (exact) mass is 671 g/mol. The fourth-order valence-electron chi connectivity index (χ4n) is 4.39. The molecule has 176 valence electrons. The third-order valence-corrected chi connectivity index (χ3v) is 15.8. The zero-order valence-electron chi connectivity index (χ0n) is 20.1. The molecule has 0 amide bonds. The molecule has 0 spiro atoms. The summed E-state index contributed by atoms with van der Waals surface area (Å²) in [5, 5.41) is 0. The van der Waals surface area contributed by atoms with E-state index in [1.54, 1.807) is 0 Å². The summed E-state index contributed by atoms with van der Waals surface area (Å²) in [6.07, 6.45) is 5.53. The maximum atomic E-state index is 4.52. The van der Waals surface area contributed by atoms with Crippen LogP contribution in [0.2, 0.25) is 0 Å². The molecule has 6 aromatic rings. The van der Waals surface area contributed by atoms with Crippen molar-refractivity contribution in [2.45, 2.75) is 0 Å². The summed E-state index contributed by atoms with van der Waals surface area (Å²) in [5.41, 5.74) is 6.43. The van der Waals surface area contributed by atoms with Gasteiger partial charge in [-0.05, 0) is 0 Å². The van der Waals surface area contributed by atoms with Crippen molar-refractivity contribution in [1.29, 1.82) is 0 Å². The van der Waals surface area contributed by atoms with E-state index < -0.39 is 21.8 Å². The SMILES string of the molecule is c1ccc(-c2cc[c]([Bi]([c]3ccc(-c4ccccn4)cc3)[c]3ccc(-c4ccccn4)cc3)cc2)nc1. The first-order chi connectivity index (χ1) is 18.3. The van der Waals surface area contributed by atoms with Gasteiger partial charge in [-0.25, -0.2) is 0 Å². The average Bonchev–Trinajstić information content (AvgIpc) is 3.00. The molecule has 0 aliphatic carbocycles. The van der Waals surface area contributed by atoms with Crippen LogP contribution in [0.25, 0.3) is 33.8 Å². The van der Waals surface area contributed by atoms with Crippen LogP contribution in [0.15, 0.2) is 146 Å². The Morgan fingerprint density at radius 2 is 0.622 bits per heavy atom. The van der Waals surface area contributed by atoms with Gasteiger partial charge in [0.2, 0.25) is 0 Å². The zero-order chi connectivity index (χ0) is 24.9. The molecule has 0 aliphatic heterocycles. The predicted octanol–water partition coefficient (Wildman–Crippen LogP) is 5.39. The number of hydrogen-bond acceptors (Lipinski definition) is 3. The van der Waals surface area contributed by atoms with Gasteiger partial charge in [0.15, 0.2) is 0 Å². The molecule has 0 radical (unpaired) electrons. The Balaban J connectivity index is 1.38. The second-order valence-electron chi connectivity index (χ2n) is 8.62. The zero-order valence-corrected chi connectivity index (χ0v) is 23.6. The standard InChI is InChI=1S/3C11H8N.Bi/c3*1-2-6-10(7-3-1)11-8-4-5-9-12-11;/h3*2-9H;. The van der Waals surface area contributed by atoms with E-state index in [9.17, 15) is 0 Å². The van der Waals surface area contributed by atoms with Crippen LogP contribution in [0.4, 0.5) is 0 Å². The molecule has 6 rings (SSSR count). The molecule has 0 N–H and O–H groups in total. The molecule has 3 heterocycles. The van der Waals surface area contributed by atoms with Crippen molar-refractivity contribution in [3.63, 3.8) is 0 Å². The van der Waals surface area contributed by atoms with Crippen LogP contribution in [0.3, 0.4) is 0 Å². The second-order valence-corrected chi connectivity index (χ2v) is 17.3. The molecule has 3 nitrogen and oxygen atoms in total. The van der Waals surface area contributed by atoms with Crippen LogP contribution in [0.5, 0.6) is 0 Å². The van der Waals surface area contributed by atoms with Crippen LogP contribution in [0, 0.1) is 0 Å². The van der Waals surface area contributed by atoms with E-state index in [0.29, 0.717) is 0 Å². The molecule has 0 bridgehead atoms. The quantitative estimate of drug-likeness (QED) is 0.223. The third kappa shape index (κ3) is 5.26. The number of hydrogen-bond donors (Lipinski definition) is 0. The number of rotatable bonds is 6. The molecule has 0 unspecified atom stereocenters. The predicted molar refractivity (Wildman–Crippen MR) is 154 cm³/mol. The van der Waals surface area contributed by atoms with E-state index in [0.717, 1.165) is 33.8 Å². The van der Waals surface area contributed by atoms with E-state index in [1.165, 1.54) is 9.81 Å². The van der Waals surface area contributed by atoms with Gasteiger partial charge >= 0.3 is 226 Å². The Kier molecular flexibility index (Phi) is 6.92. The Morgan fingerprint density at radius 3 is 0.865 bits per heavy atom. The van der Waals surface area contributed by atoms with Gasteiger partial charge in [0, 0.05) is 0 Å². The Bertz CT molecular complexity index is 1370. The van der Waals surface area contributed by atoms with Crippen LogP contribution < -0.4 is 9.81 Å². The van der Waals surface area contributed by atoms with Crippen LogP contribution in [-0.4, -0.2) is 36.7 Å². The van der Waals surface area contributed by atoms with Crippen molar-refractivity contribution in [3.8, 4) is 33.8 Å². The molecule has 4 heteroatoms. The Morgan fingerprint density at radius 1 is 0.324 bits per heavy atom. The summed E-state index contributed by atoms with van der Waals surface area (Å²) in [6, 6.07) is 45.2. The maximum absolute atomic E-state index is 4.52. The van der Waals surface area contributed by atoms with Crippen molar-refractivity contribution in [3.05, 3.63) is 146 Å². The van der Waals surface area contributed by atoms with Gasteiger partial charge < -0.3 is 0 Å². The third-order valence-electron chi connectivity index (χ3n) is 6.26. The topological polar surface area (TPSA) is 38.7 Å². The molecule has 3 aromatic heterocycles. The van der Waals surface area contributed by atoms with Gasteiger partial charge in [0.25, 0.3) is 0 Å². The number of nitrogens with zero attached hydrogens (tertiary/aromatic N) is 3. The van der Waals surface area contributed by atoms with E-state index in [2.05, 4.69) is 106 Å². The molecule has 0 fully saturated rings. The number of benzene rings is 3. The van der Waals surface area contributed by atoms with Crippen LogP contribution >= 0.6 is 0 Å². The first-order valence-corrected chi connectivity index (χ1v) is 17.4. The van der Waals surface area contributed by atoms with Crippen LogP contribution in [-0.2, 0) is 0 Å². The molecule has 3 aromatic carbocycles. The van der Waals surface area contributed by atoms with Crippen molar-refractivity contribution in [2.75, 3.05) is 0 Å². The number of aromatic nitrogens is 3. The number of pyridine rings is 3. The van der Waals surface area contributed by atoms with Gasteiger partial charge in [0.1, 0.15) is 0 Å². The van der Waals surface area contributed by atoms with Gasteiger partial charge in [-0.3, -0.25) is 0 Å². The molecular weight excluding hydrogens is 647 g/mol. The summed E-state index contributed by atoms with van der Waals surface area (Å²) in [5.74, 6) is 0. The fourth-order valence-corrected chi connectivity index (χ4v) is 13.1. The first kappa shape index (κ1) is 23.4. The van der Waals surface area contributed by atoms with Gasteiger partial charge in [-0.1, -0.05) is 0 Å².